The lowest BCUT2D eigenvalue weighted by molar-refractivity contribution is -0.0836. The summed E-state index contributed by atoms with van der Waals surface area (Å²) in [4.78, 5) is -0.646. The zero-order valence-corrected chi connectivity index (χ0v) is 7.59. The largest absolute Gasteiger partial charge is 0.422 e. The van der Waals surface area contributed by atoms with Crippen LogP contribution in [0.4, 0.5) is 13.2 Å². The van der Waals surface area contributed by atoms with Gasteiger partial charge in [-0.2, -0.15) is 13.2 Å². The summed E-state index contributed by atoms with van der Waals surface area (Å²) in [5.41, 5.74) is 5.55. The van der Waals surface area contributed by atoms with Gasteiger partial charge in [0, 0.05) is 5.70 Å². The van der Waals surface area contributed by atoms with E-state index in [1.165, 1.54) is 19.3 Å². The van der Waals surface area contributed by atoms with Gasteiger partial charge in [-0.05, 0) is 19.3 Å². The van der Waals surface area contributed by atoms with Gasteiger partial charge in [0.2, 0.25) is 0 Å². The predicted molar refractivity (Wildman–Crippen MR) is 45.3 cm³/mol. The third-order valence-corrected chi connectivity index (χ3v) is 2.12. The number of hydrogen-bond acceptors (Lipinski definition) is 2. The topological polar surface area (TPSA) is 26.0 Å². The van der Waals surface area contributed by atoms with Crippen LogP contribution < -0.4 is 5.73 Å². The lowest BCUT2D eigenvalue weighted by atomic mass is 10.5. The van der Waals surface area contributed by atoms with Crippen LogP contribution in [-0.2, 0) is 0 Å². The minimum absolute atomic E-state index is 0.364. The fraction of sp³-hybridized carbons (Fsp3) is 0.429. The zero-order chi connectivity index (χ0) is 9.78. The maximum atomic E-state index is 12.0. The first-order valence-corrected chi connectivity index (χ1v) is 4.08. The number of hydrogen-bond donors (Lipinski definition) is 1. The Morgan fingerprint density at radius 2 is 1.92 bits per heavy atom. The average Bonchev–Trinajstić information content (AvgIpc) is 1.85. The van der Waals surface area contributed by atoms with E-state index in [1.54, 1.807) is 0 Å². The van der Waals surface area contributed by atoms with E-state index in [2.05, 4.69) is 0 Å². The van der Waals surface area contributed by atoms with Crippen molar-refractivity contribution in [2.45, 2.75) is 20.0 Å². The van der Waals surface area contributed by atoms with E-state index in [0.29, 0.717) is 17.5 Å². The number of alkyl halides is 3. The summed E-state index contributed by atoms with van der Waals surface area (Å²) in [6, 6.07) is 0. The van der Waals surface area contributed by atoms with Crippen LogP contribution in [0.2, 0.25) is 0 Å². The minimum atomic E-state index is -4.27. The van der Waals surface area contributed by atoms with Crippen molar-refractivity contribution in [1.82, 2.24) is 0 Å². The molecule has 0 aromatic carbocycles. The standard InChI is InChI=1S/C7H10F3NS/c1-3-6(7(8,9)10)12-4-5(2)11/h3-4H,11H2,1-2H3/b5-4-,6-3-. The van der Waals surface area contributed by atoms with Crippen molar-refractivity contribution in [3.63, 3.8) is 0 Å². The molecule has 0 amide bonds. The Morgan fingerprint density at radius 3 is 2.17 bits per heavy atom. The molecule has 0 atom stereocenters. The minimum Gasteiger partial charge on any atom is -0.402 e. The van der Waals surface area contributed by atoms with E-state index >= 15 is 0 Å². The van der Waals surface area contributed by atoms with Crippen molar-refractivity contribution in [2.24, 2.45) is 5.73 Å². The molecule has 0 heterocycles. The number of thioether (sulfide) groups is 1. The molecular weight excluding hydrogens is 187 g/mol. The molecule has 0 aliphatic heterocycles. The van der Waals surface area contributed by atoms with E-state index < -0.39 is 11.1 Å². The highest BCUT2D eigenvalue weighted by atomic mass is 32.2. The van der Waals surface area contributed by atoms with Crippen molar-refractivity contribution in [1.29, 1.82) is 0 Å². The maximum Gasteiger partial charge on any atom is 0.422 e. The number of allylic oxidation sites excluding steroid dienone is 3. The Labute approximate surface area is 73.5 Å². The predicted octanol–water partition coefficient (Wildman–Crippen LogP) is 3.01. The Kier molecular flexibility index (Phi) is 4.23. The van der Waals surface area contributed by atoms with Gasteiger partial charge in [-0.1, -0.05) is 17.8 Å². The summed E-state index contributed by atoms with van der Waals surface area (Å²) in [6.45, 7) is 2.88. The molecule has 0 radical (unpaired) electrons. The molecular formula is C7H10F3NS. The van der Waals surface area contributed by atoms with Gasteiger partial charge in [-0.3, -0.25) is 0 Å². The molecule has 0 aromatic heterocycles. The molecule has 0 fully saturated rings. The Balaban J connectivity index is 4.33. The molecule has 0 aliphatic carbocycles. The van der Waals surface area contributed by atoms with Crippen LogP contribution in [0.5, 0.6) is 0 Å². The van der Waals surface area contributed by atoms with E-state index in [0.717, 1.165) is 6.08 Å². The second-order valence-corrected chi connectivity index (χ2v) is 3.04. The average molecular weight is 197 g/mol. The fourth-order valence-electron chi connectivity index (χ4n) is 0.455. The van der Waals surface area contributed by atoms with E-state index in [9.17, 15) is 13.2 Å². The Hall–Kier alpha value is -0.580. The maximum absolute atomic E-state index is 12.0. The molecule has 5 heteroatoms. The number of nitrogens with two attached hydrogens (primary N) is 1. The molecule has 1 nitrogen and oxygen atoms in total. The second kappa shape index (κ2) is 4.45. The Bertz CT molecular complexity index is 201. The molecule has 0 unspecified atom stereocenters. The van der Waals surface area contributed by atoms with Gasteiger partial charge in [0.25, 0.3) is 0 Å². The molecule has 2 N–H and O–H groups in total. The van der Waals surface area contributed by atoms with Crippen LogP contribution in [-0.4, -0.2) is 6.18 Å². The van der Waals surface area contributed by atoms with Crippen LogP contribution in [0.15, 0.2) is 22.1 Å². The molecule has 0 aliphatic rings. The van der Waals surface area contributed by atoms with Crippen molar-refractivity contribution in [2.75, 3.05) is 0 Å². The van der Waals surface area contributed by atoms with Crippen molar-refractivity contribution in [3.05, 3.63) is 22.1 Å². The first kappa shape index (κ1) is 11.4. The molecule has 70 valence electrons. The van der Waals surface area contributed by atoms with E-state index in [-0.39, 0.29) is 0 Å². The monoisotopic (exact) mass is 197 g/mol. The lowest BCUT2D eigenvalue weighted by Crippen LogP contribution is -2.08. The molecule has 0 rings (SSSR count). The second-order valence-electron chi connectivity index (χ2n) is 2.13. The van der Waals surface area contributed by atoms with E-state index in [1.807, 2.05) is 0 Å². The highest BCUT2D eigenvalue weighted by molar-refractivity contribution is 8.05. The third-order valence-electron chi connectivity index (χ3n) is 0.913. The van der Waals surface area contributed by atoms with Crippen molar-refractivity contribution >= 4 is 11.8 Å². The zero-order valence-electron chi connectivity index (χ0n) is 6.77. The Morgan fingerprint density at radius 1 is 1.42 bits per heavy atom. The van der Waals surface area contributed by atoms with Gasteiger partial charge in [-0.15, -0.1) is 0 Å². The molecule has 0 aromatic rings. The van der Waals surface area contributed by atoms with Crippen LogP contribution >= 0.6 is 11.8 Å². The lowest BCUT2D eigenvalue weighted by Gasteiger charge is -2.07. The number of rotatable bonds is 2. The normalized spacial score (nSPS) is 15.1. The molecule has 0 saturated heterocycles. The van der Waals surface area contributed by atoms with Gasteiger partial charge >= 0.3 is 6.18 Å². The summed E-state index contributed by atoms with van der Waals surface area (Å²) in [5.74, 6) is 0. The van der Waals surface area contributed by atoms with Crippen LogP contribution in [0.1, 0.15) is 13.8 Å². The molecule has 0 spiro atoms. The summed E-state index contributed by atoms with van der Waals surface area (Å²) < 4.78 is 36.0. The van der Waals surface area contributed by atoms with Crippen molar-refractivity contribution in [3.8, 4) is 0 Å². The fourth-order valence-corrected chi connectivity index (χ4v) is 1.04. The smallest absolute Gasteiger partial charge is 0.402 e. The summed E-state index contributed by atoms with van der Waals surface area (Å²) in [7, 11) is 0. The SMILES string of the molecule is C/C=C(\S/C=C(/C)N)C(F)(F)F. The highest BCUT2D eigenvalue weighted by Gasteiger charge is 2.32. The molecule has 0 bridgehead atoms. The summed E-state index contributed by atoms with van der Waals surface area (Å²) in [5, 5.41) is 1.27. The van der Waals surface area contributed by atoms with Gasteiger partial charge in [0.15, 0.2) is 0 Å². The van der Waals surface area contributed by atoms with E-state index in [4.69, 9.17) is 5.73 Å². The van der Waals surface area contributed by atoms with Crippen LogP contribution in [0.3, 0.4) is 0 Å². The first-order valence-electron chi connectivity index (χ1n) is 3.20. The van der Waals surface area contributed by atoms with Crippen LogP contribution in [0, 0.1) is 0 Å². The van der Waals surface area contributed by atoms with Crippen LogP contribution in [0.25, 0.3) is 0 Å². The van der Waals surface area contributed by atoms with Crippen molar-refractivity contribution < 1.29 is 13.2 Å². The summed E-state index contributed by atoms with van der Waals surface area (Å²) in [6.07, 6.45) is -3.25. The highest BCUT2D eigenvalue weighted by Crippen LogP contribution is 2.34. The first-order chi connectivity index (χ1) is 5.38. The summed E-state index contributed by atoms with van der Waals surface area (Å²) >= 11 is 0.586. The molecule has 12 heavy (non-hydrogen) atoms. The van der Waals surface area contributed by atoms with Gasteiger partial charge < -0.3 is 5.73 Å². The van der Waals surface area contributed by atoms with Gasteiger partial charge in [0.1, 0.15) is 0 Å². The third kappa shape index (κ3) is 4.33. The van der Waals surface area contributed by atoms with Gasteiger partial charge in [-0.25, -0.2) is 0 Å². The quantitative estimate of drug-likeness (QED) is 0.736. The van der Waals surface area contributed by atoms with Gasteiger partial charge in [0.05, 0.1) is 4.91 Å². The number of halogens is 3. The molecule has 0 saturated carbocycles.